The van der Waals surface area contributed by atoms with E-state index in [9.17, 15) is 9.59 Å². The number of rotatable bonds is 9. The van der Waals surface area contributed by atoms with E-state index in [0.29, 0.717) is 18.1 Å². The third-order valence-electron chi connectivity index (χ3n) is 4.74. The maximum atomic E-state index is 13.1. The van der Waals surface area contributed by atoms with Gasteiger partial charge in [0.15, 0.2) is 0 Å². The summed E-state index contributed by atoms with van der Waals surface area (Å²) in [7, 11) is 0. The van der Waals surface area contributed by atoms with Crippen LogP contribution in [-0.2, 0) is 22.6 Å². The average molecular weight is 401 g/mol. The third kappa shape index (κ3) is 6.68. The molecule has 0 aliphatic rings. The van der Waals surface area contributed by atoms with Crippen molar-refractivity contribution < 1.29 is 9.59 Å². The highest BCUT2D eigenvalue weighted by Gasteiger charge is 2.26. The minimum atomic E-state index is -0.544. The van der Waals surface area contributed by atoms with E-state index in [1.807, 2.05) is 43.3 Å². The van der Waals surface area contributed by atoms with Gasteiger partial charge in [-0.1, -0.05) is 66.9 Å². The van der Waals surface area contributed by atoms with Crippen LogP contribution in [0.15, 0.2) is 48.5 Å². The van der Waals surface area contributed by atoms with Gasteiger partial charge in [-0.3, -0.25) is 9.59 Å². The van der Waals surface area contributed by atoms with Crippen molar-refractivity contribution >= 4 is 23.4 Å². The molecule has 0 aromatic heterocycles. The van der Waals surface area contributed by atoms with Gasteiger partial charge < -0.3 is 10.2 Å². The highest BCUT2D eigenvalue weighted by atomic mass is 35.5. The molecule has 28 heavy (non-hydrogen) atoms. The summed E-state index contributed by atoms with van der Waals surface area (Å²) in [6.07, 6.45) is 2.17. The second-order valence-electron chi connectivity index (χ2n) is 7.13. The predicted octanol–water partition coefficient (Wildman–Crippen LogP) is 4.52. The lowest BCUT2D eigenvalue weighted by molar-refractivity contribution is -0.140. The fourth-order valence-electron chi connectivity index (χ4n) is 2.89. The van der Waals surface area contributed by atoms with Gasteiger partial charge in [0, 0.05) is 18.1 Å². The van der Waals surface area contributed by atoms with Gasteiger partial charge in [0.25, 0.3) is 0 Å². The SMILES string of the molecule is CCCCNC(=O)C(C)N(Cc1ccc(C)cc1)C(=O)Cc1ccc(Cl)cc1. The molecule has 0 saturated heterocycles. The Balaban J connectivity index is 2.15. The first kappa shape index (κ1) is 22.0. The molecule has 0 aliphatic heterocycles. The summed E-state index contributed by atoms with van der Waals surface area (Å²) in [5.74, 6) is -0.203. The Morgan fingerprint density at radius 1 is 1.04 bits per heavy atom. The van der Waals surface area contributed by atoms with Crippen LogP contribution in [0.3, 0.4) is 0 Å². The molecule has 2 aromatic carbocycles. The molecule has 0 fully saturated rings. The zero-order valence-electron chi connectivity index (χ0n) is 16.9. The Hall–Kier alpha value is -2.33. The van der Waals surface area contributed by atoms with Crippen molar-refractivity contribution in [3.8, 4) is 0 Å². The Kier molecular flexibility index (Phi) is 8.52. The number of hydrogen-bond acceptors (Lipinski definition) is 2. The normalized spacial score (nSPS) is 11.7. The second kappa shape index (κ2) is 10.9. The summed E-state index contributed by atoms with van der Waals surface area (Å²) >= 11 is 5.93. The standard InChI is InChI=1S/C23H29ClN2O2/c1-4-5-14-25-23(28)18(3)26(16-20-8-6-17(2)7-9-20)22(27)15-19-10-12-21(24)13-11-19/h6-13,18H,4-5,14-16H2,1-3H3,(H,25,28). The van der Waals surface area contributed by atoms with Crippen LogP contribution in [0.2, 0.25) is 5.02 Å². The smallest absolute Gasteiger partial charge is 0.242 e. The van der Waals surface area contributed by atoms with Crippen LogP contribution in [0.5, 0.6) is 0 Å². The summed E-state index contributed by atoms with van der Waals surface area (Å²) < 4.78 is 0. The predicted molar refractivity (Wildman–Crippen MR) is 114 cm³/mol. The van der Waals surface area contributed by atoms with Gasteiger partial charge in [0.05, 0.1) is 6.42 Å². The van der Waals surface area contributed by atoms with Crippen LogP contribution < -0.4 is 5.32 Å². The Morgan fingerprint density at radius 2 is 1.64 bits per heavy atom. The Bertz CT molecular complexity index is 772. The molecule has 0 aliphatic carbocycles. The molecule has 150 valence electrons. The largest absolute Gasteiger partial charge is 0.354 e. The molecule has 0 saturated carbocycles. The lowest BCUT2D eigenvalue weighted by Gasteiger charge is -2.29. The van der Waals surface area contributed by atoms with Gasteiger partial charge in [-0.15, -0.1) is 0 Å². The number of unbranched alkanes of at least 4 members (excludes halogenated alkanes) is 1. The molecule has 1 N–H and O–H groups in total. The number of carbonyl (C=O) groups excluding carboxylic acids is 2. The molecule has 2 aromatic rings. The quantitative estimate of drug-likeness (QED) is 0.629. The molecule has 0 heterocycles. The average Bonchev–Trinajstić information content (AvgIpc) is 2.68. The summed E-state index contributed by atoms with van der Waals surface area (Å²) in [5.41, 5.74) is 3.04. The molecule has 5 heteroatoms. The van der Waals surface area contributed by atoms with Crippen molar-refractivity contribution in [1.29, 1.82) is 0 Å². The molecule has 2 amide bonds. The highest BCUT2D eigenvalue weighted by molar-refractivity contribution is 6.30. The zero-order valence-corrected chi connectivity index (χ0v) is 17.6. The van der Waals surface area contributed by atoms with Gasteiger partial charge >= 0.3 is 0 Å². The summed E-state index contributed by atoms with van der Waals surface area (Å²) in [4.78, 5) is 27.3. The number of aryl methyl sites for hydroxylation is 1. The Labute approximate surface area is 172 Å². The first-order chi connectivity index (χ1) is 13.4. The van der Waals surface area contributed by atoms with E-state index in [0.717, 1.165) is 29.5 Å². The van der Waals surface area contributed by atoms with Crippen molar-refractivity contribution in [3.05, 3.63) is 70.2 Å². The topological polar surface area (TPSA) is 49.4 Å². The molecule has 0 radical (unpaired) electrons. The van der Waals surface area contributed by atoms with Crippen molar-refractivity contribution in [2.75, 3.05) is 6.54 Å². The van der Waals surface area contributed by atoms with Crippen molar-refractivity contribution in [2.24, 2.45) is 0 Å². The lowest BCUT2D eigenvalue weighted by Crippen LogP contribution is -2.48. The number of halogens is 1. The van der Waals surface area contributed by atoms with E-state index in [2.05, 4.69) is 12.2 Å². The maximum absolute atomic E-state index is 13.1. The molecular formula is C23H29ClN2O2. The number of carbonyl (C=O) groups is 2. The molecule has 1 atom stereocenters. The van der Waals surface area contributed by atoms with Gasteiger partial charge in [-0.2, -0.15) is 0 Å². The van der Waals surface area contributed by atoms with Crippen LogP contribution >= 0.6 is 11.6 Å². The number of benzene rings is 2. The number of nitrogens with zero attached hydrogens (tertiary/aromatic N) is 1. The monoisotopic (exact) mass is 400 g/mol. The molecule has 2 rings (SSSR count). The van der Waals surface area contributed by atoms with E-state index < -0.39 is 6.04 Å². The first-order valence-electron chi connectivity index (χ1n) is 9.78. The molecule has 4 nitrogen and oxygen atoms in total. The van der Waals surface area contributed by atoms with Crippen LogP contribution in [-0.4, -0.2) is 29.3 Å². The van der Waals surface area contributed by atoms with Crippen molar-refractivity contribution in [3.63, 3.8) is 0 Å². The zero-order chi connectivity index (χ0) is 20.5. The summed E-state index contributed by atoms with van der Waals surface area (Å²) in [5, 5.41) is 3.57. The van der Waals surface area contributed by atoms with E-state index in [1.165, 1.54) is 0 Å². The minimum absolute atomic E-state index is 0.0824. The van der Waals surface area contributed by atoms with Crippen LogP contribution in [0, 0.1) is 6.92 Å². The van der Waals surface area contributed by atoms with Gasteiger partial charge in [-0.05, 0) is 43.5 Å². The van der Waals surface area contributed by atoms with Crippen molar-refractivity contribution in [2.45, 2.75) is 52.6 Å². The molecule has 0 bridgehead atoms. The Morgan fingerprint density at radius 3 is 2.25 bits per heavy atom. The van der Waals surface area contributed by atoms with E-state index >= 15 is 0 Å². The van der Waals surface area contributed by atoms with Gasteiger partial charge in [0.1, 0.15) is 6.04 Å². The maximum Gasteiger partial charge on any atom is 0.242 e. The summed E-state index contributed by atoms with van der Waals surface area (Å²) in [6.45, 7) is 6.92. The molecular weight excluding hydrogens is 372 g/mol. The van der Waals surface area contributed by atoms with E-state index in [-0.39, 0.29) is 18.2 Å². The van der Waals surface area contributed by atoms with Gasteiger partial charge in [-0.25, -0.2) is 0 Å². The highest BCUT2D eigenvalue weighted by Crippen LogP contribution is 2.15. The van der Waals surface area contributed by atoms with Crippen molar-refractivity contribution in [1.82, 2.24) is 10.2 Å². The fourth-order valence-corrected chi connectivity index (χ4v) is 3.01. The first-order valence-corrected chi connectivity index (χ1v) is 10.2. The third-order valence-corrected chi connectivity index (χ3v) is 4.99. The summed E-state index contributed by atoms with van der Waals surface area (Å²) in [6, 6.07) is 14.7. The van der Waals surface area contributed by atoms with E-state index in [1.54, 1.807) is 24.0 Å². The second-order valence-corrected chi connectivity index (χ2v) is 7.57. The van der Waals surface area contributed by atoms with E-state index in [4.69, 9.17) is 11.6 Å². The molecule has 0 spiro atoms. The molecule has 1 unspecified atom stereocenters. The number of hydrogen-bond donors (Lipinski definition) is 1. The van der Waals surface area contributed by atoms with Gasteiger partial charge in [0.2, 0.25) is 11.8 Å². The van der Waals surface area contributed by atoms with Crippen LogP contribution in [0.25, 0.3) is 0 Å². The van der Waals surface area contributed by atoms with Crippen LogP contribution in [0.1, 0.15) is 43.4 Å². The lowest BCUT2D eigenvalue weighted by atomic mass is 10.1. The fraction of sp³-hybridized carbons (Fsp3) is 0.391. The number of nitrogens with one attached hydrogen (secondary N) is 1. The number of amides is 2. The van der Waals surface area contributed by atoms with Crippen LogP contribution in [0.4, 0.5) is 0 Å². The minimum Gasteiger partial charge on any atom is -0.354 e.